The maximum absolute atomic E-state index is 12.1. The van der Waals surface area contributed by atoms with Gasteiger partial charge >= 0.3 is 0 Å². The Bertz CT molecular complexity index is 848. The van der Waals surface area contributed by atoms with E-state index in [4.69, 9.17) is 0 Å². The molecule has 8 heteroatoms. The molecule has 0 atom stereocenters. The van der Waals surface area contributed by atoms with Gasteiger partial charge in [0.2, 0.25) is 11.8 Å². The summed E-state index contributed by atoms with van der Waals surface area (Å²) >= 11 is 1.19. The average Bonchev–Trinajstić information content (AvgIpc) is 3.20. The standard InChI is InChI=1S/C19H22N4O3S/c24-16(20-12-14-6-2-1-3-7-14)10-15-11-17(25)22-19(21-15)27-13-18(26)23-8-4-5-9-23/h1-3,6-7,11H,4-5,8-10,12-13H2,(H,20,24)(H,21,22,25). The number of aromatic amines is 1. The molecule has 0 bridgehead atoms. The van der Waals surface area contributed by atoms with Crippen molar-refractivity contribution in [1.29, 1.82) is 0 Å². The van der Waals surface area contributed by atoms with Gasteiger partial charge < -0.3 is 15.2 Å². The van der Waals surface area contributed by atoms with Gasteiger partial charge in [-0.25, -0.2) is 4.98 Å². The number of likely N-dealkylation sites (tertiary alicyclic amines) is 1. The number of thioether (sulfide) groups is 1. The van der Waals surface area contributed by atoms with Crippen LogP contribution < -0.4 is 10.9 Å². The summed E-state index contributed by atoms with van der Waals surface area (Å²) in [7, 11) is 0. The Morgan fingerprint density at radius 1 is 1.19 bits per heavy atom. The minimum absolute atomic E-state index is 0.0182. The average molecular weight is 386 g/mol. The van der Waals surface area contributed by atoms with E-state index in [2.05, 4.69) is 15.3 Å². The second kappa shape index (κ2) is 9.36. The molecule has 1 fully saturated rings. The number of rotatable bonds is 7. The summed E-state index contributed by atoms with van der Waals surface area (Å²) in [6.07, 6.45) is 2.10. The van der Waals surface area contributed by atoms with Crippen LogP contribution in [-0.2, 0) is 22.6 Å². The Hall–Kier alpha value is -2.61. The molecule has 2 N–H and O–H groups in total. The van der Waals surface area contributed by atoms with Gasteiger partial charge in [0.05, 0.1) is 17.9 Å². The lowest BCUT2D eigenvalue weighted by molar-refractivity contribution is -0.127. The molecule has 0 unspecified atom stereocenters. The predicted octanol–water partition coefficient (Wildman–Crippen LogP) is 1.34. The topological polar surface area (TPSA) is 95.2 Å². The van der Waals surface area contributed by atoms with Gasteiger partial charge in [-0.1, -0.05) is 42.1 Å². The highest BCUT2D eigenvalue weighted by Gasteiger charge is 2.18. The van der Waals surface area contributed by atoms with Crippen molar-refractivity contribution in [2.75, 3.05) is 18.8 Å². The van der Waals surface area contributed by atoms with E-state index in [1.165, 1.54) is 17.8 Å². The summed E-state index contributed by atoms with van der Waals surface area (Å²) in [5.41, 5.74) is 1.06. The van der Waals surface area contributed by atoms with Crippen molar-refractivity contribution in [3.8, 4) is 0 Å². The Labute approximate surface area is 161 Å². The molecule has 1 aromatic heterocycles. The Morgan fingerprint density at radius 2 is 1.93 bits per heavy atom. The first-order chi connectivity index (χ1) is 13.1. The second-order valence-corrected chi connectivity index (χ2v) is 7.32. The van der Waals surface area contributed by atoms with Crippen molar-refractivity contribution in [3.63, 3.8) is 0 Å². The molecule has 0 saturated carbocycles. The van der Waals surface area contributed by atoms with E-state index in [0.717, 1.165) is 31.5 Å². The predicted molar refractivity (Wildman–Crippen MR) is 103 cm³/mol. The molecule has 0 radical (unpaired) electrons. The SMILES string of the molecule is O=C(Cc1cc(=O)[nH]c(SCC(=O)N2CCCC2)n1)NCc1ccccc1. The Kier molecular flexibility index (Phi) is 6.64. The van der Waals surface area contributed by atoms with E-state index < -0.39 is 0 Å². The highest BCUT2D eigenvalue weighted by Crippen LogP contribution is 2.15. The summed E-state index contributed by atoms with van der Waals surface area (Å²) in [5.74, 6) is 0.0688. The highest BCUT2D eigenvalue weighted by atomic mass is 32.2. The van der Waals surface area contributed by atoms with Crippen molar-refractivity contribution >= 4 is 23.6 Å². The van der Waals surface area contributed by atoms with Gasteiger partial charge in [0, 0.05) is 25.7 Å². The molecule has 142 valence electrons. The van der Waals surface area contributed by atoms with Crippen molar-refractivity contribution < 1.29 is 9.59 Å². The molecule has 1 aromatic carbocycles. The van der Waals surface area contributed by atoms with Crippen molar-refractivity contribution in [1.82, 2.24) is 20.2 Å². The van der Waals surface area contributed by atoms with Gasteiger partial charge in [-0.05, 0) is 18.4 Å². The molecule has 2 aromatic rings. The third-order valence-corrected chi connectivity index (χ3v) is 5.10. The van der Waals surface area contributed by atoms with E-state index in [-0.39, 0.29) is 29.5 Å². The molecule has 0 aliphatic carbocycles. The molecular formula is C19H22N4O3S. The van der Waals surface area contributed by atoms with Crippen LogP contribution in [0.1, 0.15) is 24.1 Å². The number of nitrogens with one attached hydrogen (secondary N) is 2. The van der Waals surface area contributed by atoms with E-state index in [0.29, 0.717) is 17.4 Å². The van der Waals surface area contributed by atoms with Gasteiger partial charge in [-0.3, -0.25) is 14.4 Å². The number of carbonyl (C=O) groups is 2. The highest BCUT2D eigenvalue weighted by molar-refractivity contribution is 7.99. The fraction of sp³-hybridized carbons (Fsp3) is 0.368. The summed E-state index contributed by atoms with van der Waals surface area (Å²) in [6.45, 7) is 2.02. The van der Waals surface area contributed by atoms with Crippen LogP contribution in [0.15, 0.2) is 46.3 Å². The molecule has 2 amide bonds. The third-order valence-electron chi connectivity index (χ3n) is 4.24. The quantitative estimate of drug-likeness (QED) is 0.553. The van der Waals surface area contributed by atoms with Crippen molar-refractivity contribution in [3.05, 3.63) is 58.0 Å². The van der Waals surface area contributed by atoms with E-state index in [1.54, 1.807) is 0 Å². The van der Waals surface area contributed by atoms with E-state index >= 15 is 0 Å². The first kappa shape index (κ1) is 19.2. The van der Waals surface area contributed by atoms with Crippen LogP contribution in [0.2, 0.25) is 0 Å². The third kappa shape index (κ3) is 5.96. The number of nitrogens with zero attached hydrogens (tertiary/aromatic N) is 2. The number of benzene rings is 1. The monoisotopic (exact) mass is 386 g/mol. The zero-order valence-corrected chi connectivity index (χ0v) is 15.8. The summed E-state index contributed by atoms with van der Waals surface area (Å²) in [6, 6.07) is 10.9. The summed E-state index contributed by atoms with van der Waals surface area (Å²) in [5, 5.41) is 3.18. The number of amides is 2. The normalized spacial score (nSPS) is 13.6. The lowest BCUT2D eigenvalue weighted by Crippen LogP contribution is -2.29. The minimum Gasteiger partial charge on any atom is -0.352 e. The lowest BCUT2D eigenvalue weighted by atomic mass is 10.2. The van der Waals surface area contributed by atoms with Crippen LogP contribution in [0.3, 0.4) is 0 Å². The fourth-order valence-electron chi connectivity index (χ4n) is 2.85. The van der Waals surface area contributed by atoms with Gasteiger partial charge in [0.1, 0.15) is 0 Å². The Morgan fingerprint density at radius 3 is 2.67 bits per heavy atom. The molecular weight excluding hydrogens is 364 g/mol. The lowest BCUT2D eigenvalue weighted by Gasteiger charge is -2.14. The number of aromatic nitrogens is 2. The number of carbonyl (C=O) groups excluding carboxylic acids is 2. The zero-order valence-electron chi connectivity index (χ0n) is 14.9. The van der Waals surface area contributed by atoms with Crippen molar-refractivity contribution in [2.45, 2.75) is 31.0 Å². The van der Waals surface area contributed by atoms with Gasteiger partial charge in [0.15, 0.2) is 5.16 Å². The van der Waals surface area contributed by atoms with E-state index in [9.17, 15) is 14.4 Å². The molecule has 2 heterocycles. The van der Waals surface area contributed by atoms with Crippen LogP contribution in [-0.4, -0.2) is 45.5 Å². The first-order valence-corrected chi connectivity index (χ1v) is 9.90. The van der Waals surface area contributed by atoms with Crippen LogP contribution >= 0.6 is 11.8 Å². The molecule has 0 spiro atoms. The van der Waals surface area contributed by atoms with Gasteiger partial charge in [0.25, 0.3) is 5.56 Å². The molecule has 3 rings (SSSR count). The molecule has 1 aliphatic rings. The first-order valence-electron chi connectivity index (χ1n) is 8.91. The summed E-state index contributed by atoms with van der Waals surface area (Å²) < 4.78 is 0. The van der Waals surface area contributed by atoms with Crippen LogP contribution in [0.4, 0.5) is 0 Å². The van der Waals surface area contributed by atoms with Crippen LogP contribution in [0, 0.1) is 0 Å². The smallest absolute Gasteiger partial charge is 0.251 e. The maximum Gasteiger partial charge on any atom is 0.251 e. The zero-order chi connectivity index (χ0) is 19.1. The minimum atomic E-state index is -0.327. The van der Waals surface area contributed by atoms with Gasteiger partial charge in [-0.15, -0.1) is 0 Å². The van der Waals surface area contributed by atoms with Crippen molar-refractivity contribution in [2.24, 2.45) is 0 Å². The number of H-pyrrole nitrogens is 1. The van der Waals surface area contributed by atoms with Crippen LogP contribution in [0.5, 0.6) is 0 Å². The summed E-state index contributed by atoms with van der Waals surface area (Å²) in [4.78, 5) is 44.8. The molecule has 27 heavy (non-hydrogen) atoms. The molecule has 1 saturated heterocycles. The van der Waals surface area contributed by atoms with Gasteiger partial charge in [-0.2, -0.15) is 0 Å². The largest absolute Gasteiger partial charge is 0.352 e. The van der Waals surface area contributed by atoms with Crippen LogP contribution in [0.25, 0.3) is 0 Å². The molecule has 1 aliphatic heterocycles. The number of hydrogen-bond donors (Lipinski definition) is 2. The Balaban J connectivity index is 1.53. The maximum atomic E-state index is 12.1. The number of hydrogen-bond acceptors (Lipinski definition) is 5. The fourth-order valence-corrected chi connectivity index (χ4v) is 3.65. The molecule has 7 nitrogen and oxygen atoms in total. The second-order valence-electron chi connectivity index (χ2n) is 6.36. The van der Waals surface area contributed by atoms with E-state index in [1.807, 2.05) is 35.2 Å².